The largest absolute Gasteiger partial charge is 0.542 e. The molecule has 0 aromatic heterocycles. The van der Waals surface area contributed by atoms with Gasteiger partial charge in [-0.05, 0) is 29.2 Å². The fourth-order valence-corrected chi connectivity index (χ4v) is 6.95. The monoisotopic (exact) mass is 595 g/mol. The van der Waals surface area contributed by atoms with Crippen molar-refractivity contribution in [1.29, 1.82) is 0 Å². The van der Waals surface area contributed by atoms with Gasteiger partial charge >= 0.3 is 6.18 Å². The minimum Gasteiger partial charge on any atom is -0.542 e. The lowest BCUT2D eigenvalue weighted by molar-refractivity contribution is -0.943. The number of rotatable bonds is 7. The molecule has 3 aliphatic heterocycles. The van der Waals surface area contributed by atoms with Gasteiger partial charge in [-0.3, -0.25) is 4.79 Å². The number of fused-ring (bicyclic) bond motifs is 6. The number of carbonyl (C=O) groups is 2. The van der Waals surface area contributed by atoms with Crippen molar-refractivity contribution < 1.29 is 37.5 Å². The molecule has 0 unspecified atom stereocenters. The Kier molecular flexibility index (Phi) is 8.54. The number of hydrogen-bond acceptors (Lipinski definition) is 5. The van der Waals surface area contributed by atoms with Gasteiger partial charge in [-0.1, -0.05) is 66.7 Å². The van der Waals surface area contributed by atoms with Crippen LogP contribution in [0.2, 0.25) is 0 Å². The summed E-state index contributed by atoms with van der Waals surface area (Å²) in [6.45, 7) is 5.51. The highest BCUT2D eigenvalue weighted by Crippen LogP contribution is 2.47. The van der Waals surface area contributed by atoms with Crippen molar-refractivity contribution >= 4 is 17.6 Å². The Hall–Kier alpha value is -3.89. The number of para-hydroxylation sites is 1. The molecule has 3 saturated heterocycles. The van der Waals surface area contributed by atoms with Crippen LogP contribution in [0.15, 0.2) is 78.9 Å². The number of anilines is 1. The molecular formula is C33H36F3N3O4. The van der Waals surface area contributed by atoms with Crippen LogP contribution in [-0.2, 0) is 15.2 Å². The molecule has 2 bridgehead atoms. The van der Waals surface area contributed by atoms with Gasteiger partial charge in [0.05, 0.1) is 32.2 Å². The van der Waals surface area contributed by atoms with Crippen molar-refractivity contribution in [2.24, 2.45) is 5.92 Å². The molecule has 1 amide bonds. The van der Waals surface area contributed by atoms with E-state index in [1.165, 1.54) is 18.8 Å². The van der Waals surface area contributed by atoms with Gasteiger partial charge in [-0.15, -0.1) is 0 Å². The zero-order chi connectivity index (χ0) is 30.8. The summed E-state index contributed by atoms with van der Waals surface area (Å²) in [5, 5.41) is 24.1. The fraction of sp³-hybridized carbons (Fsp3) is 0.394. The summed E-state index contributed by atoms with van der Waals surface area (Å²) in [5.41, 5.74) is 2.90. The molecule has 1 atom stereocenters. The Labute approximate surface area is 249 Å². The molecule has 7 nitrogen and oxygen atoms in total. The summed E-state index contributed by atoms with van der Waals surface area (Å²) < 4.78 is 32.6. The van der Waals surface area contributed by atoms with Crippen LogP contribution in [0.4, 0.5) is 18.9 Å². The van der Waals surface area contributed by atoms with E-state index in [9.17, 15) is 23.1 Å². The molecule has 10 heteroatoms. The summed E-state index contributed by atoms with van der Waals surface area (Å²) in [6, 6.07) is 26.2. The number of amides is 1. The zero-order valence-electron chi connectivity index (χ0n) is 24.0. The molecule has 7 rings (SSSR count). The van der Waals surface area contributed by atoms with E-state index in [0.29, 0.717) is 17.0 Å². The molecule has 3 fully saturated rings. The average Bonchev–Trinajstić information content (AvgIpc) is 3.27. The first-order valence-electron chi connectivity index (χ1n) is 14.6. The number of aliphatic carboxylic acids is 1. The van der Waals surface area contributed by atoms with E-state index in [2.05, 4.69) is 47.6 Å². The van der Waals surface area contributed by atoms with Crippen LogP contribution in [0.5, 0.6) is 0 Å². The molecule has 1 aliphatic carbocycles. The van der Waals surface area contributed by atoms with Crippen molar-refractivity contribution in [2.75, 3.05) is 44.7 Å². The molecule has 2 N–H and O–H groups in total. The van der Waals surface area contributed by atoms with Crippen LogP contribution >= 0.6 is 0 Å². The van der Waals surface area contributed by atoms with Crippen molar-refractivity contribution in [2.45, 2.75) is 37.1 Å². The first-order valence-corrected chi connectivity index (χ1v) is 14.6. The Morgan fingerprint density at radius 1 is 0.953 bits per heavy atom. The third-order valence-electron chi connectivity index (χ3n) is 9.22. The highest BCUT2D eigenvalue weighted by Gasteiger charge is 2.51. The quantitative estimate of drug-likeness (QED) is 0.409. The Morgan fingerprint density at radius 3 is 2.00 bits per heavy atom. The van der Waals surface area contributed by atoms with Crippen LogP contribution < -0.4 is 15.3 Å². The highest BCUT2D eigenvalue weighted by atomic mass is 19.4. The van der Waals surface area contributed by atoms with Crippen molar-refractivity contribution in [3.63, 3.8) is 0 Å². The second-order valence-corrected chi connectivity index (χ2v) is 11.8. The van der Waals surface area contributed by atoms with Crippen LogP contribution in [-0.4, -0.2) is 73.5 Å². The topological polar surface area (TPSA) is 92.7 Å². The van der Waals surface area contributed by atoms with Gasteiger partial charge in [0.2, 0.25) is 0 Å². The Morgan fingerprint density at radius 2 is 1.47 bits per heavy atom. The maximum Gasteiger partial charge on any atom is 0.430 e. The van der Waals surface area contributed by atoms with Gasteiger partial charge in [0.1, 0.15) is 5.97 Å². The van der Waals surface area contributed by atoms with E-state index < -0.39 is 17.7 Å². The summed E-state index contributed by atoms with van der Waals surface area (Å²) in [7, 11) is 2.17. The number of nitrogens with one attached hydrogen (secondary N) is 1. The number of piperidine rings is 3. The lowest BCUT2D eigenvalue weighted by Crippen LogP contribution is -2.68. The molecule has 4 aliphatic rings. The van der Waals surface area contributed by atoms with Crippen LogP contribution in [0, 0.1) is 5.92 Å². The molecule has 3 aromatic rings. The van der Waals surface area contributed by atoms with Crippen LogP contribution in [0.3, 0.4) is 0 Å². The van der Waals surface area contributed by atoms with Crippen LogP contribution in [0.1, 0.15) is 30.4 Å². The fourth-order valence-electron chi connectivity index (χ4n) is 6.95. The van der Waals surface area contributed by atoms with Crippen molar-refractivity contribution in [3.05, 3.63) is 90.0 Å². The van der Waals surface area contributed by atoms with E-state index in [0.717, 1.165) is 54.5 Å². The third-order valence-corrected chi connectivity index (χ3v) is 9.22. The van der Waals surface area contributed by atoms with E-state index in [-0.39, 0.29) is 11.9 Å². The Bertz CT molecular complexity index is 1410. The van der Waals surface area contributed by atoms with Crippen LogP contribution in [0.25, 0.3) is 11.1 Å². The van der Waals surface area contributed by atoms with Gasteiger partial charge in [-0.2, -0.15) is 13.2 Å². The third kappa shape index (κ3) is 6.12. The van der Waals surface area contributed by atoms with Gasteiger partial charge in [0.25, 0.3) is 5.91 Å². The molecule has 0 radical (unpaired) electrons. The molecule has 0 saturated carbocycles. The summed E-state index contributed by atoms with van der Waals surface area (Å²) in [5.74, 6) is -2.79. The normalized spacial score (nSPS) is 22.9. The molecular weight excluding hydrogens is 559 g/mol. The van der Waals surface area contributed by atoms with Gasteiger partial charge in [0, 0.05) is 49.7 Å². The molecule has 228 valence electrons. The van der Waals surface area contributed by atoms with Gasteiger partial charge < -0.3 is 29.7 Å². The number of halogens is 3. The number of alkyl halides is 3. The second kappa shape index (κ2) is 12.0. The predicted molar refractivity (Wildman–Crippen MR) is 155 cm³/mol. The van der Waals surface area contributed by atoms with E-state index in [1.54, 1.807) is 0 Å². The predicted octanol–water partition coefficient (Wildman–Crippen LogP) is 3.45. The maximum atomic E-state index is 13.8. The lowest BCUT2D eigenvalue weighted by Gasteiger charge is -2.53. The maximum absolute atomic E-state index is 13.8. The number of nitrogens with zero attached hydrogens (tertiary/aromatic N) is 2. The minimum absolute atomic E-state index is 0.107. The first kappa shape index (κ1) is 30.6. The van der Waals surface area contributed by atoms with Gasteiger partial charge in [0.15, 0.2) is 5.60 Å². The summed E-state index contributed by atoms with van der Waals surface area (Å²) in [6.07, 6.45) is -1.78. The zero-order valence-corrected chi connectivity index (χ0v) is 24.0. The number of carbonyl (C=O) groups excluding carboxylic acids is 2. The average molecular weight is 596 g/mol. The highest BCUT2D eigenvalue weighted by molar-refractivity contribution is 5.98. The number of quaternary nitrogens is 1. The molecule has 3 heterocycles. The number of benzene rings is 3. The Balaban J connectivity index is 0.000000472. The SMILES string of the molecule is CN(CCC[N+]12CCC(CC1)[C@@H](NC(=O)C1(O)c3ccccc3-c3ccccc31)C2)c1ccccc1.O=C([O-])C(F)(F)F. The van der Waals surface area contributed by atoms with Gasteiger partial charge in [-0.25, -0.2) is 0 Å². The minimum atomic E-state index is -5.19. The van der Waals surface area contributed by atoms with E-state index in [1.807, 2.05) is 48.5 Å². The van der Waals surface area contributed by atoms with E-state index >= 15 is 0 Å². The summed E-state index contributed by atoms with van der Waals surface area (Å²) in [4.78, 5) is 24.9. The second-order valence-electron chi connectivity index (χ2n) is 11.8. The lowest BCUT2D eigenvalue weighted by atomic mass is 9.80. The first-order chi connectivity index (χ1) is 20.4. The standard InChI is InChI=1S/C31H35N3O2.C2HF3O2/c1-33(24-10-3-2-4-11-24)18-9-19-34-20-16-23(17-21-34)29(22-34)32-30(35)31(36)27-14-7-5-12-25(27)26-13-6-8-15-28(26)31;3-2(4,5)1(6)7/h2-8,10-15,23,29,36H,9,16-22H2,1H3;(H,6,7)/t23?,29-,34?;/m0./s1. The van der Waals surface area contributed by atoms with E-state index in [4.69, 9.17) is 9.90 Å². The number of aliphatic hydroxyl groups is 1. The number of hydrogen-bond donors (Lipinski definition) is 2. The number of carboxylic acid groups (broad SMARTS) is 1. The van der Waals surface area contributed by atoms with Crippen molar-refractivity contribution in [3.8, 4) is 11.1 Å². The summed E-state index contributed by atoms with van der Waals surface area (Å²) >= 11 is 0. The smallest absolute Gasteiger partial charge is 0.430 e. The molecule has 43 heavy (non-hydrogen) atoms. The van der Waals surface area contributed by atoms with Crippen molar-refractivity contribution in [1.82, 2.24) is 5.32 Å². The molecule has 3 aromatic carbocycles. The number of carboxylic acids is 1. The molecule has 0 spiro atoms.